The minimum absolute atomic E-state index is 0.00403. The number of rotatable bonds is 5. The van der Waals surface area contributed by atoms with E-state index in [1.165, 1.54) is 25.3 Å². The lowest BCUT2D eigenvalue weighted by Crippen LogP contribution is -2.40. The van der Waals surface area contributed by atoms with Crippen LogP contribution >= 0.6 is 0 Å². The van der Waals surface area contributed by atoms with Crippen LogP contribution in [0.3, 0.4) is 0 Å². The van der Waals surface area contributed by atoms with Gasteiger partial charge in [0.2, 0.25) is 5.91 Å². The van der Waals surface area contributed by atoms with Crippen molar-refractivity contribution in [3.8, 4) is 0 Å². The predicted molar refractivity (Wildman–Crippen MR) is 88.5 cm³/mol. The topological polar surface area (TPSA) is 81.3 Å². The minimum atomic E-state index is -0.211. The van der Waals surface area contributed by atoms with Crippen LogP contribution in [0, 0.1) is 5.92 Å². The van der Waals surface area contributed by atoms with Crippen molar-refractivity contribution in [3.05, 3.63) is 22.6 Å². The highest BCUT2D eigenvalue weighted by atomic mass is 16.2. The number of nitrogens with one attached hydrogen (secondary N) is 2. The first-order chi connectivity index (χ1) is 11.2. The molecule has 1 atom stereocenters. The summed E-state index contributed by atoms with van der Waals surface area (Å²) in [6.45, 7) is 5.42. The van der Waals surface area contributed by atoms with Crippen molar-refractivity contribution in [1.82, 2.24) is 20.4 Å². The Hall–Kier alpha value is -1.89. The Bertz CT molecular complexity index is 582. The predicted octanol–water partition coefficient (Wildman–Crippen LogP) is 0.198. The van der Waals surface area contributed by atoms with E-state index in [0.29, 0.717) is 6.54 Å². The molecule has 3 rings (SSSR count). The lowest BCUT2D eigenvalue weighted by atomic mass is 10.1. The third-order valence-electron chi connectivity index (χ3n) is 4.75. The maximum absolute atomic E-state index is 12.3. The first kappa shape index (κ1) is 16.0. The summed E-state index contributed by atoms with van der Waals surface area (Å²) in [7, 11) is 0. The van der Waals surface area contributed by atoms with Gasteiger partial charge in [0, 0.05) is 32.2 Å². The summed E-state index contributed by atoms with van der Waals surface area (Å²) in [5.74, 6) is 0.123. The van der Waals surface area contributed by atoms with E-state index in [4.69, 9.17) is 0 Å². The molecular formula is C16H25N5O2. The van der Waals surface area contributed by atoms with Crippen LogP contribution in [0.15, 0.2) is 17.1 Å². The van der Waals surface area contributed by atoms with Crippen LogP contribution in [0.2, 0.25) is 0 Å². The van der Waals surface area contributed by atoms with Crippen molar-refractivity contribution < 1.29 is 4.79 Å². The summed E-state index contributed by atoms with van der Waals surface area (Å²) in [6, 6.07) is 1.53. The van der Waals surface area contributed by atoms with Crippen molar-refractivity contribution in [3.63, 3.8) is 0 Å². The summed E-state index contributed by atoms with van der Waals surface area (Å²) in [6.07, 6.45) is 6.34. The molecule has 0 aromatic carbocycles. The number of nitrogens with zero attached hydrogens (tertiary/aromatic N) is 3. The lowest BCUT2D eigenvalue weighted by Gasteiger charge is -2.26. The van der Waals surface area contributed by atoms with Gasteiger partial charge in [-0.3, -0.25) is 9.59 Å². The first-order valence-corrected chi connectivity index (χ1v) is 8.52. The molecular weight excluding hydrogens is 294 g/mol. The zero-order valence-electron chi connectivity index (χ0n) is 13.5. The van der Waals surface area contributed by atoms with Crippen molar-refractivity contribution in [2.45, 2.75) is 25.7 Å². The number of amides is 1. The summed E-state index contributed by atoms with van der Waals surface area (Å²) in [5.41, 5.74) is 0.578. The van der Waals surface area contributed by atoms with Gasteiger partial charge in [0.25, 0.3) is 5.56 Å². The molecule has 1 amide bonds. The average Bonchev–Trinajstić information content (AvgIpc) is 3.06. The second-order valence-electron chi connectivity index (χ2n) is 6.43. The monoisotopic (exact) mass is 319 g/mol. The first-order valence-electron chi connectivity index (χ1n) is 8.52. The molecule has 2 aliphatic rings. The number of carbonyl (C=O) groups excluding carboxylic acids is 1. The number of H-pyrrole nitrogens is 1. The maximum Gasteiger partial charge on any atom is 0.266 e. The van der Waals surface area contributed by atoms with Crippen molar-refractivity contribution in [2.75, 3.05) is 44.2 Å². The van der Waals surface area contributed by atoms with E-state index in [1.54, 1.807) is 6.20 Å². The molecule has 126 valence electrons. The van der Waals surface area contributed by atoms with E-state index in [1.807, 2.05) is 0 Å². The van der Waals surface area contributed by atoms with Gasteiger partial charge in [-0.05, 0) is 32.4 Å². The van der Waals surface area contributed by atoms with Gasteiger partial charge in [-0.25, -0.2) is 5.10 Å². The quantitative estimate of drug-likeness (QED) is 0.810. The number of aromatic amines is 1. The molecule has 2 N–H and O–H groups in total. The Labute approximate surface area is 136 Å². The van der Waals surface area contributed by atoms with Gasteiger partial charge in [0.15, 0.2) is 0 Å². The third-order valence-corrected chi connectivity index (χ3v) is 4.75. The van der Waals surface area contributed by atoms with E-state index in [9.17, 15) is 9.59 Å². The number of likely N-dealkylation sites (tertiary alicyclic amines) is 1. The van der Waals surface area contributed by atoms with E-state index in [-0.39, 0.29) is 17.4 Å². The van der Waals surface area contributed by atoms with Crippen LogP contribution in [0.4, 0.5) is 5.69 Å². The van der Waals surface area contributed by atoms with Crippen LogP contribution in [0.5, 0.6) is 0 Å². The van der Waals surface area contributed by atoms with Crippen LogP contribution in [-0.2, 0) is 4.79 Å². The number of piperidine rings is 1. The molecule has 3 heterocycles. The van der Waals surface area contributed by atoms with Gasteiger partial charge in [-0.15, -0.1) is 0 Å². The van der Waals surface area contributed by atoms with E-state index >= 15 is 0 Å². The Morgan fingerprint density at radius 1 is 1.30 bits per heavy atom. The summed E-state index contributed by atoms with van der Waals surface area (Å²) in [4.78, 5) is 28.1. The van der Waals surface area contributed by atoms with E-state index in [0.717, 1.165) is 44.8 Å². The molecule has 7 nitrogen and oxygen atoms in total. The largest absolute Gasteiger partial charge is 0.369 e. The zero-order valence-corrected chi connectivity index (χ0v) is 13.5. The highest BCUT2D eigenvalue weighted by Crippen LogP contribution is 2.22. The number of carbonyl (C=O) groups is 1. The smallest absolute Gasteiger partial charge is 0.266 e. The number of hydrogen-bond acceptors (Lipinski definition) is 5. The second-order valence-corrected chi connectivity index (χ2v) is 6.43. The molecule has 0 spiro atoms. The van der Waals surface area contributed by atoms with Gasteiger partial charge < -0.3 is 15.1 Å². The lowest BCUT2D eigenvalue weighted by molar-refractivity contribution is -0.124. The SMILES string of the molecule is O=C(NCCN1CCCCC1)C1CCN(c2cn[nH]c(=O)c2)C1. The standard InChI is InChI=1S/C16H25N5O2/c22-15-10-14(11-18-19-15)21-8-4-13(12-21)16(23)17-5-9-20-6-2-1-3-7-20/h10-11,13H,1-9,12H2,(H,17,23)(H,19,22). The summed E-state index contributed by atoms with van der Waals surface area (Å²) < 4.78 is 0. The molecule has 1 unspecified atom stereocenters. The summed E-state index contributed by atoms with van der Waals surface area (Å²) >= 11 is 0. The van der Waals surface area contributed by atoms with E-state index < -0.39 is 0 Å². The van der Waals surface area contributed by atoms with Crippen LogP contribution in [0.25, 0.3) is 0 Å². The Morgan fingerprint density at radius 3 is 2.91 bits per heavy atom. The molecule has 0 radical (unpaired) electrons. The Morgan fingerprint density at radius 2 is 2.13 bits per heavy atom. The maximum atomic E-state index is 12.3. The average molecular weight is 319 g/mol. The Kier molecular flexibility index (Phi) is 5.27. The van der Waals surface area contributed by atoms with Crippen molar-refractivity contribution in [2.24, 2.45) is 5.92 Å². The normalized spacial score (nSPS) is 22.3. The van der Waals surface area contributed by atoms with Crippen molar-refractivity contribution in [1.29, 1.82) is 0 Å². The molecule has 2 fully saturated rings. The molecule has 2 aliphatic heterocycles. The van der Waals surface area contributed by atoms with Crippen LogP contribution < -0.4 is 15.8 Å². The summed E-state index contributed by atoms with van der Waals surface area (Å²) in [5, 5.41) is 9.25. The Balaban J connectivity index is 1.43. The van der Waals surface area contributed by atoms with Crippen LogP contribution in [-0.4, -0.2) is 60.3 Å². The van der Waals surface area contributed by atoms with Crippen molar-refractivity contribution >= 4 is 11.6 Å². The molecule has 7 heteroatoms. The number of anilines is 1. The fourth-order valence-electron chi connectivity index (χ4n) is 3.41. The highest BCUT2D eigenvalue weighted by molar-refractivity contribution is 5.80. The third kappa shape index (κ3) is 4.31. The molecule has 0 saturated carbocycles. The molecule has 0 aliphatic carbocycles. The zero-order chi connectivity index (χ0) is 16.1. The van der Waals surface area contributed by atoms with Gasteiger partial charge in [0.05, 0.1) is 17.8 Å². The number of aromatic nitrogens is 2. The molecule has 1 aromatic rings. The number of hydrogen-bond donors (Lipinski definition) is 2. The molecule has 1 aromatic heterocycles. The second kappa shape index (κ2) is 7.59. The van der Waals surface area contributed by atoms with Gasteiger partial charge in [-0.2, -0.15) is 5.10 Å². The minimum Gasteiger partial charge on any atom is -0.369 e. The molecule has 23 heavy (non-hydrogen) atoms. The fraction of sp³-hybridized carbons (Fsp3) is 0.688. The van der Waals surface area contributed by atoms with E-state index in [2.05, 4.69) is 25.3 Å². The highest BCUT2D eigenvalue weighted by Gasteiger charge is 2.28. The molecule has 2 saturated heterocycles. The fourth-order valence-corrected chi connectivity index (χ4v) is 3.41. The van der Waals surface area contributed by atoms with Gasteiger partial charge >= 0.3 is 0 Å². The van der Waals surface area contributed by atoms with Gasteiger partial charge in [-0.1, -0.05) is 6.42 Å². The van der Waals surface area contributed by atoms with Crippen LogP contribution in [0.1, 0.15) is 25.7 Å². The van der Waals surface area contributed by atoms with Gasteiger partial charge in [0.1, 0.15) is 0 Å². The molecule has 0 bridgehead atoms.